The zero-order valence-corrected chi connectivity index (χ0v) is 17.8. The minimum absolute atomic E-state index is 0.0943. The molecule has 4 rings (SSSR count). The van der Waals surface area contributed by atoms with Crippen LogP contribution in [0.4, 0.5) is 5.69 Å². The van der Waals surface area contributed by atoms with Crippen LogP contribution in [-0.4, -0.2) is 50.6 Å². The molecule has 0 bridgehead atoms. The fourth-order valence-electron chi connectivity index (χ4n) is 3.52. The molecule has 3 aromatic rings. The maximum absolute atomic E-state index is 13.4. The van der Waals surface area contributed by atoms with Crippen LogP contribution in [0.25, 0.3) is 11.4 Å². The Morgan fingerprint density at radius 2 is 2.03 bits per heavy atom. The van der Waals surface area contributed by atoms with Crippen molar-refractivity contribution in [2.24, 2.45) is 0 Å². The van der Waals surface area contributed by atoms with Gasteiger partial charge in [-0.05, 0) is 43.5 Å². The van der Waals surface area contributed by atoms with E-state index >= 15 is 0 Å². The summed E-state index contributed by atoms with van der Waals surface area (Å²) in [6.07, 6.45) is 1.27. The molecule has 9 heteroatoms. The van der Waals surface area contributed by atoms with Gasteiger partial charge in [0.25, 0.3) is 0 Å². The lowest BCUT2D eigenvalue weighted by atomic mass is 10.1. The van der Waals surface area contributed by atoms with Gasteiger partial charge in [-0.15, -0.1) is 5.10 Å². The first kappa shape index (κ1) is 20.9. The Hall–Kier alpha value is -3.33. The molecule has 0 fully saturated rings. The number of benzene rings is 2. The molecule has 0 aliphatic carbocycles. The lowest BCUT2D eigenvalue weighted by Crippen LogP contribution is -2.41. The number of hydrogen-bond acceptors (Lipinski definition) is 7. The summed E-state index contributed by atoms with van der Waals surface area (Å²) < 4.78 is 5.07. The van der Waals surface area contributed by atoms with E-state index in [0.717, 1.165) is 11.3 Å². The maximum atomic E-state index is 13.4. The summed E-state index contributed by atoms with van der Waals surface area (Å²) in [5.74, 6) is -0.113. The van der Waals surface area contributed by atoms with Crippen molar-refractivity contribution in [3.05, 3.63) is 54.1 Å². The van der Waals surface area contributed by atoms with Crippen molar-refractivity contribution in [2.45, 2.75) is 30.2 Å². The summed E-state index contributed by atoms with van der Waals surface area (Å²) >= 11 is 1.24. The van der Waals surface area contributed by atoms with Gasteiger partial charge in [0.1, 0.15) is 12.3 Å². The van der Waals surface area contributed by atoms with Crippen molar-refractivity contribution in [3.8, 4) is 17.1 Å². The first-order chi connectivity index (χ1) is 15.1. The Morgan fingerprint density at radius 3 is 2.84 bits per heavy atom. The van der Waals surface area contributed by atoms with Crippen LogP contribution in [0.5, 0.6) is 5.75 Å². The molecule has 0 saturated heterocycles. The lowest BCUT2D eigenvalue weighted by Gasteiger charge is -2.24. The second-order valence-electron chi connectivity index (χ2n) is 6.99. The number of carbonyl (C=O) groups excluding carboxylic acids is 2. The summed E-state index contributed by atoms with van der Waals surface area (Å²) in [7, 11) is 0. The van der Waals surface area contributed by atoms with Crippen LogP contribution in [-0.2, 0) is 20.7 Å². The number of aromatic amines is 1. The molecule has 8 nitrogen and oxygen atoms in total. The first-order valence-corrected chi connectivity index (χ1v) is 10.9. The smallest absolute Gasteiger partial charge is 0.326 e. The number of aromatic hydroxyl groups is 1. The van der Waals surface area contributed by atoms with Crippen LogP contribution in [0.2, 0.25) is 0 Å². The third-order valence-corrected chi connectivity index (χ3v) is 6.08. The van der Waals surface area contributed by atoms with E-state index in [4.69, 9.17) is 4.74 Å². The number of nitrogens with zero attached hydrogens (tertiary/aromatic N) is 3. The van der Waals surface area contributed by atoms with Crippen LogP contribution in [0.1, 0.15) is 18.9 Å². The second-order valence-corrected chi connectivity index (χ2v) is 8.16. The molecule has 1 aromatic heterocycles. The molecule has 2 aromatic carbocycles. The molecule has 0 spiro atoms. The zero-order valence-electron chi connectivity index (χ0n) is 16.9. The van der Waals surface area contributed by atoms with Crippen molar-refractivity contribution in [2.75, 3.05) is 18.1 Å². The highest BCUT2D eigenvalue weighted by molar-refractivity contribution is 8.00. The highest BCUT2D eigenvalue weighted by atomic mass is 32.2. The van der Waals surface area contributed by atoms with Gasteiger partial charge < -0.3 is 9.84 Å². The van der Waals surface area contributed by atoms with E-state index < -0.39 is 11.2 Å². The monoisotopic (exact) mass is 438 g/mol. The summed E-state index contributed by atoms with van der Waals surface area (Å²) in [6.45, 7) is 1.85. The van der Waals surface area contributed by atoms with Crippen LogP contribution in [0, 0.1) is 0 Å². The quantitative estimate of drug-likeness (QED) is 0.569. The van der Waals surface area contributed by atoms with Crippen molar-refractivity contribution in [1.29, 1.82) is 0 Å². The predicted molar refractivity (Wildman–Crippen MR) is 117 cm³/mol. The molecule has 1 aliphatic heterocycles. The number of hydrogen-bond donors (Lipinski definition) is 2. The number of carbonyl (C=O) groups is 2. The maximum Gasteiger partial charge on any atom is 0.326 e. The molecule has 0 saturated carbocycles. The summed E-state index contributed by atoms with van der Waals surface area (Å²) in [5, 5.41) is 17.0. The van der Waals surface area contributed by atoms with E-state index in [1.165, 1.54) is 16.7 Å². The molecule has 0 radical (unpaired) electrons. The molecular formula is C22H22N4O4S. The number of ether oxygens (including phenoxy) is 1. The van der Waals surface area contributed by atoms with E-state index in [0.29, 0.717) is 29.4 Å². The van der Waals surface area contributed by atoms with E-state index in [1.54, 1.807) is 31.2 Å². The van der Waals surface area contributed by atoms with Crippen LogP contribution in [0.3, 0.4) is 0 Å². The normalized spacial score (nSPS) is 16.0. The van der Waals surface area contributed by atoms with Gasteiger partial charge in [-0.3, -0.25) is 19.6 Å². The third-order valence-electron chi connectivity index (χ3n) is 4.96. The number of amides is 1. The SMILES string of the molecule is CCOC(=O)CN1C(=O)[C@H](Sc2n[nH]c(-c3ccccc3O)n2)CCc2ccccc21. The number of H-pyrrole nitrogens is 1. The largest absolute Gasteiger partial charge is 0.507 e. The molecule has 1 amide bonds. The van der Waals surface area contributed by atoms with E-state index in [2.05, 4.69) is 15.2 Å². The predicted octanol–water partition coefficient (Wildman–Crippen LogP) is 3.18. The van der Waals surface area contributed by atoms with Gasteiger partial charge >= 0.3 is 5.97 Å². The van der Waals surface area contributed by atoms with Gasteiger partial charge in [0.2, 0.25) is 11.1 Å². The van der Waals surface area contributed by atoms with Gasteiger partial charge in [-0.25, -0.2) is 4.98 Å². The topological polar surface area (TPSA) is 108 Å². The van der Waals surface area contributed by atoms with Crippen molar-refractivity contribution < 1.29 is 19.4 Å². The number of esters is 1. The van der Waals surface area contributed by atoms with Crippen LogP contribution >= 0.6 is 11.8 Å². The minimum atomic E-state index is -0.463. The average molecular weight is 439 g/mol. The molecule has 1 aliphatic rings. The number of thioether (sulfide) groups is 1. The number of phenolic OH excluding ortho intramolecular Hbond substituents is 1. The number of phenols is 1. The van der Waals surface area contributed by atoms with Gasteiger partial charge in [0, 0.05) is 5.69 Å². The van der Waals surface area contributed by atoms with E-state index in [1.807, 2.05) is 24.3 Å². The van der Waals surface area contributed by atoms with Crippen molar-refractivity contribution >= 4 is 29.3 Å². The Bertz CT molecular complexity index is 1100. The number of fused-ring (bicyclic) bond motifs is 1. The molecule has 1 atom stereocenters. The summed E-state index contributed by atoms with van der Waals surface area (Å²) in [5.41, 5.74) is 2.27. The Kier molecular flexibility index (Phi) is 6.22. The number of aryl methyl sites for hydroxylation is 1. The van der Waals surface area contributed by atoms with E-state index in [-0.39, 0.29) is 24.8 Å². The van der Waals surface area contributed by atoms with Gasteiger partial charge in [-0.1, -0.05) is 42.1 Å². The number of para-hydroxylation sites is 2. The van der Waals surface area contributed by atoms with Crippen LogP contribution < -0.4 is 4.90 Å². The van der Waals surface area contributed by atoms with Crippen molar-refractivity contribution in [1.82, 2.24) is 15.2 Å². The lowest BCUT2D eigenvalue weighted by molar-refractivity contribution is -0.142. The minimum Gasteiger partial charge on any atom is -0.507 e. The summed E-state index contributed by atoms with van der Waals surface area (Å²) in [4.78, 5) is 31.5. The van der Waals surface area contributed by atoms with Gasteiger partial charge in [-0.2, -0.15) is 0 Å². The Balaban J connectivity index is 1.57. The summed E-state index contributed by atoms with van der Waals surface area (Å²) in [6, 6.07) is 14.4. The Morgan fingerprint density at radius 1 is 1.26 bits per heavy atom. The fourth-order valence-corrected chi connectivity index (χ4v) is 4.48. The molecule has 2 N–H and O–H groups in total. The number of nitrogens with one attached hydrogen (secondary N) is 1. The standard InChI is InChI=1S/C22H22N4O4S/c1-2-30-19(28)13-26-16-9-5-3-7-14(16)11-12-18(21(26)29)31-22-23-20(24-25-22)15-8-4-6-10-17(15)27/h3-10,18,27H,2,11-13H2,1H3,(H,23,24,25)/t18-/m1/s1. The highest BCUT2D eigenvalue weighted by Crippen LogP contribution is 2.34. The molecule has 160 valence electrons. The zero-order chi connectivity index (χ0) is 21.8. The average Bonchev–Trinajstić information content (AvgIpc) is 3.19. The number of aromatic nitrogens is 3. The van der Waals surface area contributed by atoms with Crippen LogP contribution in [0.15, 0.2) is 53.7 Å². The number of anilines is 1. The highest BCUT2D eigenvalue weighted by Gasteiger charge is 2.33. The third kappa shape index (κ3) is 4.56. The molecule has 0 unspecified atom stereocenters. The van der Waals surface area contributed by atoms with E-state index in [9.17, 15) is 14.7 Å². The molecule has 2 heterocycles. The van der Waals surface area contributed by atoms with Gasteiger partial charge in [0.05, 0.1) is 17.4 Å². The van der Waals surface area contributed by atoms with Crippen molar-refractivity contribution in [3.63, 3.8) is 0 Å². The van der Waals surface area contributed by atoms with Gasteiger partial charge in [0.15, 0.2) is 5.82 Å². The second kappa shape index (κ2) is 9.22. The Labute approximate surface area is 183 Å². The fraction of sp³-hybridized carbons (Fsp3) is 0.273. The number of rotatable bonds is 6. The first-order valence-electron chi connectivity index (χ1n) is 9.99. The molecule has 31 heavy (non-hydrogen) atoms. The molecular weight excluding hydrogens is 416 g/mol.